The van der Waals surface area contributed by atoms with E-state index in [9.17, 15) is 4.79 Å². The van der Waals surface area contributed by atoms with Crippen LogP contribution in [0, 0.1) is 5.92 Å². The van der Waals surface area contributed by atoms with E-state index in [2.05, 4.69) is 27.4 Å². The van der Waals surface area contributed by atoms with Gasteiger partial charge in [0.1, 0.15) is 0 Å². The molecule has 3 fully saturated rings. The van der Waals surface area contributed by atoms with Crippen LogP contribution in [0.3, 0.4) is 0 Å². The Bertz CT molecular complexity index is 501. The lowest BCUT2D eigenvalue weighted by Gasteiger charge is -2.26. The van der Waals surface area contributed by atoms with Crippen LogP contribution in [0.2, 0.25) is 0 Å². The highest BCUT2D eigenvalue weighted by molar-refractivity contribution is 14.0. The summed E-state index contributed by atoms with van der Waals surface area (Å²) in [4.78, 5) is 22.2. The number of guanidine groups is 1. The summed E-state index contributed by atoms with van der Waals surface area (Å²) in [6.07, 6.45) is 12.4. The van der Waals surface area contributed by atoms with Gasteiger partial charge in [0.25, 0.3) is 0 Å². The van der Waals surface area contributed by atoms with Crippen molar-refractivity contribution in [1.29, 1.82) is 0 Å². The van der Waals surface area contributed by atoms with Gasteiger partial charge in [0.15, 0.2) is 5.96 Å². The molecule has 3 aliphatic rings. The highest BCUT2D eigenvalue weighted by Gasteiger charge is 2.31. The molecule has 1 amide bonds. The van der Waals surface area contributed by atoms with Crippen molar-refractivity contribution >= 4 is 35.8 Å². The lowest BCUT2D eigenvalue weighted by molar-refractivity contribution is -0.135. The van der Waals surface area contributed by atoms with Gasteiger partial charge in [-0.15, -0.1) is 24.0 Å². The molecule has 1 aliphatic carbocycles. The molecule has 3 rings (SSSR count). The molecule has 0 aromatic heterocycles. The Balaban J connectivity index is 0.00000300. The van der Waals surface area contributed by atoms with Crippen LogP contribution >= 0.6 is 24.0 Å². The molecule has 1 atom stereocenters. The minimum atomic E-state index is 0. The van der Waals surface area contributed by atoms with Crippen LogP contribution in [0.25, 0.3) is 0 Å². The smallest absolute Gasteiger partial charge is 0.225 e. The summed E-state index contributed by atoms with van der Waals surface area (Å²) in [6.45, 7) is 9.03. The average Bonchev–Trinajstić information content (AvgIpc) is 3.03. The molecule has 1 unspecified atom stereocenters. The minimum absolute atomic E-state index is 0. The van der Waals surface area contributed by atoms with E-state index < -0.39 is 0 Å². The van der Waals surface area contributed by atoms with Gasteiger partial charge in [-0.05, 0) is 52.1 Å². The number of nitrogens with zero attached hydrogens (tertiary/aromatic N) is 3. The van der Waals surface area contributed by atoms with Crippen molar-refractivity contribution in [2.75, 3.05) is 45.8 Å². The van der Waals surface area contributed by atoms with E-state index in [1.165, 1.54) is 58.0 Å². The fourth-order valence-electron chi connectivity index (χ4n) is 4.86. The van der Waals surface area contributed by atoms with E-state index in [4.69, 9.17) is 4.99 Å². The van der Waals surface area contributed by atoms with E-state index in [0.29, 0.717) is 11.9 Å². The van der Waals surface area contributed by atoms with Gasteiger partial charge in [-0.3, -0.25) is 9.79 Å². The molecule has 0 aromatic carbocycles. The van der Waals surface area contributed by atoms with Crippen molar-refractivity contribution in [3.8, 4) is 0 Å². The molecule has 29 heavy (non-hydrogen) atoms. The summed E-state index contributed by atoms with van der Waals surface area (Å²) < 4.78 is 0. The fraction of sp³-hybridized carbons (Fsp3) is 0.909. The first-order valence-corrected chi connectivity index (χ1v) is 11.8. The number of likely N-dealkylation sites (tertiary alicyclic amines) is 2. The maximum atomic E-state index is 12.8. The Morgan fingerprint density at radius 2 is 1.66 bits per heavy atom. The molecule has 0 bridgehead atoms. The molecule has 2 aliphatic heterocycles. The first-order chi connectivity index (χ1) is 13.8. The molecular weight excluding hydrogens is 477 g/mol. The second-order valence-corrected chi connectivity index (χ2v) is 8.77. The Hall–Kier alpha value is -0.570. The van der Waals surface area contributed by atoms with Crippen LogP contribution in [0.4, 0.5) is 0 Å². The molecular formula is C22H42IN5O. The van der Waals surface area contributed by atoms with Gasteiger partial charge in [0.2, 0.25) is 5.91 Å². The van der Waals surface area contributed by atoms with E-state index in [1.807, 2.05) is 0 Å². The zero-order valence-electron chi connectivity index (χ0n) is 18.3. The molecule has 7 heteroatoms. The van der Waals surface area contributed by atoms with Gasteiger partial charge >= 0.3 is 0 Å². The highest BCUT2D eigenvalue weighted by atomic mass is 127. The molecule has 0 aromatic rings. The zero-order valence-corrected chi connectivity index (χ0v) is 20.7. The third-order valence-corrected chi connectivity index (χ3v) is 6.52. The van der Waals surface area contributed by atoms with Crippen molar-refractivity contribution in [2.24, 2.45) is 10.9 Å². The summed E-state index contributed by atoms with van der Waals surface area (Å²) in [5.74, 6) is 1.59. The highest BCUT2D eigenvalue weighted by Crippen LogP contribution is 2.26. The summed E-state index contributed by atoms with van der Waals surface area (Å²) >= 11 is 0. The molecule has 2 heterocycles. The van der Waals surface area contributed by atoms with Crippen molar-refractivity contribution in [1.82, 2.24) is 20.4 Å². The number of carbonyl (C=O) groups is 1. The summed E-state index contributed by atoms with van der Waals surface area (Å²) in [5, 5.41) is 6.97. The normalized spacial score (nSPS) is 24.7. The Labute approximate surface area is 194 Å². The lowest BCUT2D eigenvalue weighted by Crippen LogP contribution is -2.46. The zero-order chi connectivity index (χ0) is 19.6. The summed E-state index contributed by atoms with van der Waals surface area (Å²) in [7, 11) is 0. The maximum absolute atomic E-state index is 12.8. The number of hydrogen-bond acceptors (Lipinski definition) is 3. The number of nitrogens with one attached hydrogen (secondary N) is 2. The Morgan fingerprint density at radius 1 is 0.966 bits per heavy atom. The Morgan fingerprint density at radius 3 is 2.34 bits per heavy atom. The number of rotatable bonds is 6. The number of carbonyl (C=O) groups excluding carboxylic acids is 1. The van der Waals surface area contributed by atoms with Gasteiger partial charge < -0.3 is 20.4 Å². The van der Waals surface area contributed by atoms with E-state index in [-0.39, 0.29) is 29.9 Å². The minimum Gasteiger partial charge on any atom is -0.357 e. The average molecular weight is 520 g/mol. The Kier molecular flexibility index (Phi) is 11.6. The van der Waals surface area contributed by atoms with Gasteiger partial charge in [-0.2, -0.15) is 0 Å². The van der Waals surface area contributed by atoms with Crippen molar-refractivity contribution in [3.63, 3.8) is 0 Å². The van der Waals surface area contributed by atoms with Gasteiger partial charge in [0.05, 0.1) is 6.54 Å². The van der Waals surface area contributed by atoms with Crippen LogP contribution in [-0.2, 0) is 4.79 Å². The van der Waals surface area contributed by atoms with Crippen molar-refractivity contribution < 1.29 is 4.79 Å². The summed E-state index contributed by atoms with van der Waals surface area (Å²) in [5.41, 5.74) is 0. The van der Waals surface area contributed by atoms with Crippen LogP contribution in [0.1, 0.15) is 71.1 Å². The predicted molar refractivity (Wildman–Crippen MR) is 131 cm³/mol. The summed E-state index contributed by atoms with van der Waals surface area (Å²) in [6, 6.07) is 0.323. The predicted octanol–water partition coefficient (Wildman–Crippen LogP) is 3.22. The quantitative estimate of drug-likeness (QED) is 0.322. The number of aliphatic imine (C=N–C) groups is 1. The molecule has 2 N–H and O–H groups in total. The molecule has 168 valence electrons. The van der Waals surface area contributed by atoms with Crippen LogP contribution < -0.4 is 10.6 Å². The topological polar surface area (TPSA) is 60.0 Å². The molecule has 1 saturated carbocycles. The van der Waals surface area contributed by atoms with Crippen LogP contribution in [0.15, 0.2) is 4.99 Å². The second-order valence-electron chi connectivity index (χ2n) is 8.77. The largest absolute Gasteiger partial charge is 0.357 e. The third kappa shape index (κ3) is 8.23. The number of amides is 1. The maximum Gasteiger partial charge on any atom is 0.225 e. The first-order valence-electron chi connectivity index (χ1n) is 11.8. The molecule has 0 radical (unpaired) electrons. The monoisotopic (exact) mass is 519 g/mol. The third-order valence-electron chi connectivity index (χ3n) is 6.52. The fourth-order valence-corrected chi connectivity index (χ4v) is 4.86. The van der Waals surface area contributed by atoms with Gasteiger partial charge in [0, 0.05) is 38.1 Å². The van der Waals surface area contributed by atoms with Crippen LogP contribution in [0.5, 0.6) is 0 Å². The molecule has 2 saturated heterocycles. The number of halogens is 1. The van der Waals surface area contributed by atoms with E-state index in [0.717, 1.165) is 57.9 Å². The standard InChI is InChI=1S/C22H41N5O.HI/c1-2-23-22(24-13-17-26-14-8-3-4-9-15-26)25-20-12-16-27(18-20)21(28)19-10-6-5-7-11-19;/h19-20H,2-18H2,1H3,(H2,23,24,25);1H. The van der Waals surface area contributed by atoms with Crippen molar-refractivity contribution in [2.45, 2.75) is 77.2 Å². The van der Waals surface area contributed by atoms with E-state index >= 15 is 0 Å². The number of hydrogen-bond donors (Lipinski definition) is 2. The second kappa shape index (κ2) is 13.7. The van der Waals surface area contributed by atoms with Gasteiger partial charge in [-0.25, -0.2) is 0 Å². The van der Waals surface area contributed by atoms with Crippen LogP contribution in [-0.4, -0.2) is 73.5 Å². The van der Waals surface area contributed by atoms with Gasteiger partial charge in [-0.1, -0.05) is 32.1 Å². The lowest BCUT2D eigenvalue weighted by atomic mass is 9.88. The molecule has 0 spiro atoms. The van der Waals surface area contributed by atoms with Crippen molar-refractivity contribution in [3.05, 3.63) is 0 Å². The SMILES string of the molecule is CCNC(=NCCN1CCCCCC1)NC1CCN(C(=O)C2CCCCC2)C1.I. The molecule has 6 nitrogen and oxygen atoms in total. The van der Waals surface area contributed by atoms with E-state index in [1.54, 1.807) is 0 Å². The first kappa shape index (κ1) is 24.7.